The Morgan fingerprint density at radius 3 is 2.83 bits per heavy atom. The third kappa shape index (κ3) is 3.80. The summed E-state index contributed by atoms with van der Waals surface area (Å²) in [4.78, 5) is 6.86. The highest BCUT2D eigenvalue weighted by Gasteiger charge is 2.26. The van der Waals surface area contributed by atoms with Crippen molar-refractivity contribution in [1.29, 1.82) is 0 Å². The van der Waals surface area contributed by atoms with Crippen LogP contribution in [0.4, 0.5) is 0 Å². The number of nitrogens with one attached hydrogen (secondary N) is 1. The summed E-state index contributed by atoms with van der Waals surface area (Å²) in [5.74, 6) is 1.62. The molecule has 3 rings (SSSR count). The van der Waals surface area contributed by atoms with Crippen molar-refractivity contribution in [3.63, 3.8) is 0 Å². The first kappa shape index (κ1) is 16.6. The van der Waals surface area contributed by atoms with E-state index >= 15 is 0 Å². The highest BCUT2D eigenvalue weighted by Crippen LogP contribution is 2.32. The molecule has 1 aromatic heterocycles. The monoisotopic (exact) mass is 354 g/mol. The average molecular weight is 355 g/mol. The molecule has 5 nitrogen and oxygen atoms in total. The first-order valence-corrected chi connectivity index (χ1v) is 8.41. The third-order valence-electron chi connectivity index (χ3n) is 4.05. The molecule has 1 unspecified atom stereocenters. The van der Waals surface area contributed by atoms with Gasteiger partial charge in [-0.3, -0.25) is 4.90 Å². The molecular weight excluding hydrogens is 335 g/mol. The Kier molecular flexibility index (Phi) is 5.43. The smallest absolute Gasteiger partial charge is 0.156 e. The minimum Gasteiger partial charge on any atom is -0.489 e. The summed E-state index contributed by atoms with van der Waals surface area (Å²) >= 11 is 12.3. The average Bonchev–Trinajstić information content (AvgIpc) is 2.97. The van der Waals surface area contributed by atoms with Crippen LogP contribution >= 0.6 is 23.2 Å². The van der Waals surface area contributed by atoms with E-state index in [0.717, 1.165) is 32.0 Å². The van der Waals surface area contributed by atoms with Crippen molar-refractivity contribution in [2.75, 3.05) is 32.8 Å². The topological polar surface area (TPSA) is 42.3 Å². The van der Waals surface area contributed by atoms with Gasteiger partial charge in [-0.05, 0) is 12.1 Å². The number of aromatic nitrogens is 2. The van der Waals surface area contributed by atoms with Crippen molar-refractivity contribution in [2.24, 2.45) is 7.05 Å². The molecule has 1 aromatic carbocycles. The van der Waals surface area contributed by atoms with Crippen LogP contribution in [-0.2, 0) is 7.05 Å². The number of hydrogen-bond acceptors (Lipinski definition) is 4. The van der Waals surface area contributed by atoms with Gasteiger partial charge in [0.25, 0.3) is 0 Å². The molecule has 1 aliphatic heterocycles. The van der Waals surface area contributed by atoms with Gasteiger partial charge in [-0.25, -0.2) is 4.98 Å². The van der Waals surface area contributed by atoms with Crippen LogP contribution in [0.5, 0.6) is 5.75 Å². The summed E-state index contributed by atoms with van der Waals surface area (Å²) in [5.41, 5.74) is 0. The molecule has 0 bridgehead atoms. The van der Waals surface area contributed by atoms with Crippen LogP contribution in [0.15, 0.2) is 30.6 Å². The Hall–Kier alpha value is -1.27. The Balaban J connectivity index is 1.63. The number of aryl methyl sites for hydroxylation is 1. The Morgan fingerprint density at radius 1 is 1.35 bits per heavy atom. The van der Waals surface area contributed by atoms with Crippen molar-refractivity contribution in [3.8, 4) is 5.75 Å². The van der Waals surface area contributed by atoms with Crippen LogP contribution in [0.1, 0.15) is 11.9 Å². The molecule has 0 spiro atoms. The van der Waals surface area contributed by atoms with E-state index in [4.69, 9.17) is 27.9 Å². The van der Waals surface area contributed by atoms with Gasteiger partial charge >= 0.3 is 0 Å². The predicted molar refractivity (Wildman–Crippen MR) is 92.3 cm³/mol. The van der Waals surface area contributed by atoms with Gasteiger partial charge in [0.05, 0.1) is 16.1 Å². The number of halogens is 2. The van der Waals surface area contributed by atoms with Crippen LogP contribution in [0.25, 0.3) is 0 Å². The summed E-state index contributed by atoms with van der Waals surface area (Å²) in [7, 11) is 2.02. The van der Waals surface area contributed by atoms with Gasteiger partial charge in [0.2, 0.25) is 0 Å². The Labute approximate surface area is 146 Å². The second-order valence-electron chi connectivity index (χ2n) is 5.55. The first-order chi connectivity index (χ1) is 11.2. The lowest BCUT2D eigenvalue weighted by atomic mass is 10.2. The molecule has 1 aliphatic rings. The summed E-state index contributed by atoms with van der Waals surface area (Å²) in [6.07, 6.45) is 3.81. The predicted octanol–water partition coefficient (Wildman–Crippen LogP) is 2.75. The zero-order valence-corrected chi connectivity index (χ0v) is 14.5. The largest absolute Gasteiger partial charge is 0.489 e. The molecule has 7 heteroatoms. The maximum atomic E-state index is 6.14. The number of ether oxygens (including phenoxy) is 1. The Bertz CT molecular complexity index is 641. The molecule has 0 saturated carbocycles. The quantitative estimate of drug-likeness (QED) is 0.896. The summed E-state index contributed by atoms with van der Waals surface area (Å²) in [6, 6.07) is 5.62. The molecule has 2 heterocycles. The molecule has 1 fully saturated rings. The molecule has 23 heavy (non-hydrogen) atoms. The van der Waals surface area contributed by atoms with Crippen LogP contribution < -0.4 is 10.1 Å². The molecular formula is C16H20Cl2N4O. The van der Waals surface area contributed by atoms with Gasteiger partial charge in [0.1, 0.15) is 12.4 Å². The highest BCUT2D eigenvalue weighted by atomic mass is 35.5. The van der Waals surface area contributed by atoms with Gasteiger partial charge < -0.3 is 14.6 Å². The van der Waals surface area contributed by atoms with Crippen molar-refractivity contribution >= 4 is 23.2 Å². The van der Waals surface area contributed by atoms with E-state index in [-0.39, 0.29) is 6.04 Å². The van der Waals surface area contributed by atoms with E-state index in [9.17, 15) is 0 Å². The zero-order chi connectivity index (χ0) is 16.2. The standard InChI is InChI=1S/C16H20Cl2N4O/c1-21-7-6-20-16(21)14-11-19-5-8-22(14)9-10-23-15-12(17)3-2-4-13(15)18/h2-4,6-7,14,19H,5,8-11H2,1H3. The lowest BCUT2D eigenvalue weighted by molar-refractivity contribution is 0.127. The summed E-state index contributed by atoms with van der Waals surface area (Å²) in [5, 5.41) is 4.51. The van der Waals surface area contributed by atoms with Gasteiger partial charge in [0.15, 0.2) is 5.75 Å². The van der Waals surface area contributed by atoms with Gasteiger partial charge in [-0.2, -0.15) is 0 Å². The second-order valence-corrected chi connectivity index (χ2v) is 6.37. The number of benzene rings is 1. The van der Waals surface area contributed by atoms with Crippen LogP contribution in [-0.4, -0.2) is 47.2 Å². The summed E-state index contributed by atoms with van der Waals surface area (Å²) in [6.45, 7) is 4.13. The van der Waals surface area contributed by atoms with Crippen molar-refractivity contribution < 1.29 is 4.74 Å². The normalized spacial score (nSPS) is 19.0. The molecule has 0 amide bonds. The van der Waals surface area contributed by atoms with E-state index < -0.39 is 0 Å². The molecule has 0 aliphatic carbocycles. The molecule has 2 aromatic rings. The maximum Gasteiger partial charge on any atom is 0.156 e. The molecule has 1 saturated heterocycles. The molecule has 124 valence electrons. The zero-order valence-electron chi connectivity index (χ0n) is 13.0. The third-order valence-corrected chi connectivity index (χ3v) is 4.65. The summed E-state index contributed by atoms with van der Waals surface area (Å²) < 4.78 is 7.88. The number of nitrogens with zero attached hydrogens (tertiary/aromatic N) is 3. The minimum atomic E-state index is 0.245. The number of rotatable bonds is 5. The van der Waals surface area contributed by atoms with Crippen molar-refractivity contribution in [1.82, 2.24) is 19.8 Å². The van der Waals surface area contributed by atoms with E-state index in [1.807, 2.05) is 25.5 Å². The highest BCUT2D eigenvalue weighted by molar-refractivity contribution is 6.37. The van der Waals surface area contributed by atoms with Gasteiger partial charge in [-0.15, -0.1) is 0 Å². The molecule has 1 atom stereocenters. The fourth-order valence-corrected chi connectivity index (χ4v) is 3.36. The first-order valence-electron chi connectivity index (χ1n) is 7.65. The molecule has 0 radical (unpaired) electrons. The maximum absolute atomic E-state index is 6.14. The SMILES string of the molecule is Cn1ccnc1C1CNCCN1CCOc1c(Cl)cccc1Cl. The van der Waals surface area contributed by atoms with E-state index in [1.54, 1.807) is 12.1 Å². The fraction of sp³-hybridized carbons (Fsp3) is 0.438. The number of piperazine rings is 1. The van der Waals surface area contributed by atoms with Crippen molar-refractivity contribution in [3.05, 3.63) is 46.5 Å². The molecule has 1 N–H and O–H groups in total. The Morgan fingerprint density at radius 2 is 2.13 bits per heavy atom. The van der Waals surface area contributed by atoms with Crippen LogP contribution in [0, 0.1) is 0 Å². The second kappa shape index (κ2) is 7.53. The number of hydrogen-bond donors (Lipinski definition) is 1. The van der Waals surface area contributed by atoms with E-state index in [0.29, 0.717) is 22.4 Å². The van der Waals surface area contributed by atoms with E-state index in [1.165, 1.54) is 0 Å². The number of imidazole rings is 1. The number of para-hydroxylation sites is 1. The van der Waals surface area contributed by atoms with Crippen LogP contribution in [0.3, 0.4) is 0 Å². The van der Waals surface area contributed by atoms with Crippen LogP contribution in [0.2, 0.25) is 10.0 Å². The lowest BCUT2D eigenvalue weighted by Crippen LogP contribution is -2.48. The fourth-order valence-electron chi connectivity index (χ4n) is 2.85. The van der Waals surface area contributed by atoms with E-state index in [2.05, 4.69) is 19.8 Å². The van der Waals surface area contributed by atoms with Crippen molar-refractivity contribution in [2.45, 2.75) is 6.04 Å². The lowest BCUT2D eigenvalue weighted by Gasteiger charge is -2.35. The van der Waals surface area contributed by atoms with Gasteiger partial charge in [0, 0.05) is 45.6 Å². The minimum absolute atomic E-state index is 0.245. The van der Waals surface area contributed by atoms with Gasteiger partial charge in [-0.1, -0.05) is 29.3 Å².